The third-order valence-electron chi connectivity index (χ3n) is 3.54. The molecule has 0 amide bonds. The van der Waals surface area contributed by atoms with Gasteiger partial charge in [-0.05, 0) is 37.3 Å². The summed E-state index contributed by atoms with van der Waals surface area (Å²) in [6.45, 7) is 11.6. The SMILES string of the molecule is CC(C)(C)c1ccc(C(N)CS(=O)(=O)C(C)(C)C)cc1. The minimum atomic E-state index is -3.21. The Bertz CT molecular complexity index is 546. The first-order valence-corrected chi connectivity index (χ1v) is 8.58. The Kier molecular flexibility index (Phi) is 4.72. The maximum atomic E-state index is 12.2. The lowest BCUT2D eigenvalue weighted by Gasteiger charge is -2.23. The van der Waals surface area contributed by atoms with Crippen molar-refractivity contribution in [1.82, 2.24) is 0 Å². The second-order valence-electron chi connectivity index (χ2n) is 7.37. The van der Waals surface area contributed by atoms with E-state index in [-0.39, 0.29) is 11.2 Å². The predicted molar refractivity (Wildman–Crippen MR) is 85.6 cm³/mol. The van der Waals surface area contributed by atoms with Crippen molar-refractivity contribution in [2.75, 3.05) is 5.75 Å². The summed E-state index contributed by atoms with van der Waals surface area (Å²) < 4.78 is 23.6. The van der Waals surface area contributed by atoms with Gasteiger partial charge in [-0.15, -0.1) is 0 Å². The molecule has 0 fully saturated rings. The van der Waals surface area contributed by atoms with Gasteiger partial charge in [0, 0.05) is 6.04 Å². The molecule has 0 bridgehead atoms. The lowest BCUT2D eigenvalue weighted by atomic mass is 9.86. The van der Waals surface area contributed by atoms with Crippen LogP contribution in [0.15, 0.2) is 24.3 Å². The molecule has 1 aromatic carbocycles. The fourth-order valence-corrected chi connectivity index (χ4v) is 2.98. The van der Waals surface area contributed by atoms with Crippen LogP contribution < -0.4 is 5.73 Å². The third-order valence-corrected chi connectivity index (χ3v) is 6.20. The van der Waals surface area contributed by atoms with E-state index in [2.05, 4.69) is 20.8 Å². The van der Waals surface area contributed by atoms with Gasteiger partial charge in [0.15, 0.2) is 9.84 Å². The highest BCUT2D eigenvalue weighted by atomic mass is 32.2. The van der Waals surface area contributed by atoms with E-state index in [1.54, 1.807) is 20.8 Å². The molecule has 0 aliphatic heterocycles. The Morgan fingerprint density at radius 3 is 1.80 bits per heavy atom. The van der Waals surface area contributed by atoms with Crippen LogP contribution in [-0.2, 0) is 15.3 Å². The molecule has 20 heavy (non-hydrogen) atoms. The molecular weight excluding hydrogens is 270 g/mol. The van der Waals surface area contributed by atoms with E-state index in [0.717, 1.165) is 5.56 Å². The average molecular weight is 297 g/mol. The molecule has 0 saturated carbocycles. The normalized spacial score (nSPS) is 15.2. The van der Waals surface area contributed by atoms with Crippen molar-refractivity contribution < 1.29 is 8.42 Å². The average Bonchev–Trinajstić information content (AvgIpc) is 2.26. The minimum Gasteiger partial charge on any atom is -0.323 e. The quantitative estimate of drug-likeness (QED) is 0.932. The lowest BCUT2D eigenvalue weighted by Crippen LogP contribution is -2.34. The van der Waals surface area contributed by atoms with Crippen molar-refractivity contribution in [3.63, 3.8) is 0 Å². The van der Waals surface area contributed by atoms with Gasteiger partial charge in [-0.2, -0.15) is 0 Å². The van der Waals surface area contributed by atoms with Gasteiger partial charge in [0.05, 0.1) is 10.5 Å². The zero-order valence-electron chi connectivity index (χ0n) is 13.4. The summed E-state index contributed by atoms with van der Waals surface area (Å²) >= 11 is 0. The van der Waals surface area contributed by atoms with Crippen molar-refractivity contribution in [2.45, 2.75) is 57.7 Å². The van der Waals surface area contributed by atoms with Crippen LogP contribution in [0.2, 0.25) is 0 Å². The lowest BCUT2D eigenvalue weighted by molar-refractivity contribution is 0.553. The van der Waals surface area contributed by atoms with Gasteiger partial charge in [0.25, 0.3) is 0 Å². The molecule has 4 heteroatoms. The first-order chi connectivity index (χ1) is 8.84. The van der Waals surface area contributed by atoms with Gasteiger partial charge < -0.3 is 5.73 Å². The van der Waals surface area contributed by atoms with E-state index in [1.165, 1.54) is 5.56 Å². The summed E-state index contributed by atoms with van der Waals surface area (Å²) in [5, 5.41) is 0. The number of benzene rings is 1. The fourth-order valence-electron chi connectivity index (χ4n) is 1.81. The molecule has 3 nitrogen and oxygen atoms in total. The Hall–Kier alpha value is -0.870. The molecule has 0 spiro atoms. The van der Waals surface area contributed by atoms with Crippen LogP contribution in [0.5, 0.6) is 0 Å². The van der Waals surface area contributed by atoms with Crippen LogP contribution in [0.25, 0.3) is 0 Å². The Labute approximate surface area is 123 Å². The van der Waals surface area contributed by atoms with Gasteiger partial charge >= 0.3 is 0 Å². The van der Waals surface area contributed by atoms with E-state index in [4.69, 9.17) is 5.73 Å². The molecule has 1 rings (SSSR count). The number of rotatable bonds is 3. The van der Waals surface area contributed by atoms with Crippen LogP contribution in [0.1, 0.15) is 58.7 Å². The molecule has 1 unspecified atom stereocenters. The molecule has 1 aromatic rings. The summed E-state index contributed by atoms with van der Waals surface area (Å²) in [7, 11) is -3.21. The van der Waals surface area contributed by atoms with Gasteiger partial charge in [-0.1, -0.05) is 45.0 Å². The van der Waals surface area contributed by atoms with Crippen molar-refractivity contribution in [3.05, 3.63) is 35.4 Å². The smallest absolute Gasteiger partial charge is 0.157 e. The molecule has 0 aromatic heterocycles. The Morgan fingerprint density at radius 1 is 1.00 bits per heavy atom. The van der Waals surface area contributed by atoms with Gasteiger partial charge in [0.2, 0.25) is 0 Å². The number of nitrogens with two attached hydrogens (primary N) is 1. The van der Waals surface area contributed by atoms with Gasteiger partial charge in [0.1, 0.15) is 0 Å². The second-order valence-corrected chi connectivity index (χ2v) is 10.2. The van der Waals surface area contributed by atoms with Crippen molar-refractivity contribution >= 4 is 9.84 Å². The van der Waals surface area contributed by atoms with Gasteiger partial charge in [-0.3, -0.25) is 0 Å². The van der Waals surface area contributed by atoms with Crippen LogP contribution >= 0.6 is 0 Å². The van der Waals surface area contributed by atoms with Crippen LogP contribution in [0.4, 0.5) is 0 Å². The zero-order chi connectivity index (χ0) is 15.8. The zero-order valence-corrected chi connectivity index (χ0v) is 14.2. The highest BCUT2D eigenvalue weighted by molar-refractivity contribution is 7.92. The molecule has 2 N–H and O–H groups in total. The molecule has 1 atom stereocenters. The van der Waals surface area contributed by atoms with E-state index >= 15 is 0 Å². The van der Waals surface area contributed by atoms with Gasteiger partial charge in [-0.25, -0.2) is 8.42 Å². The summed E-state index contributed by atoms with van der Waals surface area (Å²) in [4.78, 5) is 0. The maximum absolute atomic E-state index is 12.2. The second kappa shape index (κ2) is 5.49. The highest BCUT2D eigenvalue weighted by Gasteiger charge is 2.31. The number of hydrogen-bond acceptors (Lipinski definition) is 3. The summed E-state index contributed by atoms with van der Waals surface area (Å²) in [6, 6.07) is 7.44. The summed E-state index contributed by atoms with van der Waals surface area (Å²) in [5.41, 5.74) is 8.22. The first-order valence-electron chi connectivity index (χ1n) is 6.93. The van der Waals surface area contributed by atoms with Crippen LogP contribution in [-0.4, -0.2) is 18.9 Å². The largest absolute Gasteiger partial charge is 0.323 e. The first kappa shape index (κ1) is 17.2. The summed E-state index contributed by atoms with van der Waals surface area (Å²) in [6.07, 6.45) is 0. The van der Waals surface area contributed by atoms with E-state index < -0.39 is 20.6 Å². The van der Waals surface area contributed by atoms with E-state index in [9.17, 15) is 8.42 Å². The third kappa shape index (κ3) is 4.06. The number of sulfone groups is 1. The molecular formula is C16H27NO2S. The molecule has 0 aliphatic carbocycles. The highest BCUT2D eigenvalue weighted by Crippen LogP contribution is 2.25. The van der Waals surface area contributed by atoms with E-state index in [1.807, 2.05) is 24.3 Å². The standard InChI is InChI=1S/C16H27NO2S/c1-15(2,3)13-9-7-12(8-10-13)14(17)11-20(18,19)16(4,5)6/h7-10,14H,11,17H2,1-6H3. The van der Waals surface area contributed by atoms with Crippen molar-refractivity contribution in [2.24, 2.45) is 5.73 Å². The van der Waals surface area contributed by atoms with Crippen LogP contribution in [0.3, 0.4) is 0 Å². The van der Waals surface area contributed by atoms with Crippen molar-refractivity contribution in [3.8, 4) is 0 Å². The molecule has 114 valence electrons. The van der Waals surface area contributed by atoms with Crippen LogP contribution in [0, 0.1) is 0 Å². The van der Waals surface area contributed by atoms with Crippen molar-refractivity contribution in [1.29, 1.82) is 0 Å². The molecule has 0 saturated heterocycles. The summed E-state index contributed by atoms with van der Waals surface area (Å²) in [5.74, 6) is -0.0225. The Morgan fingerprint density at radius 2 is 1.45 bits per heavy atom. The predicted octanol–water partition coefficient (Wildman–Crippen LogP) is 3.20. The maximum Gasteiger partial charge on any atom is 0.157 e. The number of hydrogen-bond donors (Lipinski definition) is 1. The topological polar surface area (TPSA) is 60.2 Å². The monoisotopic (exact) mass is 297 g/mol. The van der Waals surface area contributed by atoms with E-state index in [0.29, 0.717) is 0 Å². The molecule has 0 heterocycles. The molecule has 0 aliphatic rings. The fraction of sp³-hybridized carbons (Fsp3) is 0.625. The minimum absolute atomic E-state index is 0.0225. The molecule has 0 radical (unpaired) electrons. The Balaban J connectivity index is 2.92.